The molecule has 2 aromatic rings. The topological polar surface area (TPSA) is 90.7 Å². The fourth-order valence-corrected chi connectivity index (χ4v) is 3.49. The monoisotopic (exact) mass is 362 g/mol. The summed E-state index contributed by atoms with van der Waals surface area (Å²) < 4.78 is 11.3. The van der Waals surface area contributed by atoms with Crippen molar-refractivity contribution in [3.63, 3.8) is 0 Å². The van der Waals surface area contributed by atoms with E-state index in [-0.39, 0.29) is 16.0 Å². The van der Waals surface area contributed by atoms with Crippen molar-refractivity contribution in [2.45, 2.75) is 31.8 Å². The van der Waals surface area contributed by atoms with Crippen molar-refractivity contribution in [3.05, 3.63) is 45.3 Å². The van der Waals surface area contributed by atoms with Crippen LogP contribution in [-0.4, -0.2) is 24.0 Å². The van der Waals surface area contributed by atoms with Crippen LogP contribution in [0.2, 0.25) is 0 Å². The van der Waals surface area contributed by atoms with Crippen LogP contribution in [-0.2, 0) is 0 Å². The van der Waals surface area contributed by atoms with Crippen LogP contribution in [0, 0.1) is 10.1 Å². The van der Waals surface area contributed by atoms with Crippen LogP contribution in [0.5, 0.6) is 11.5 Å². The van der Waals surface area contributed by atoms with Gasteiger partial charge in [-0.05, 0) is 43.9 Å². The Morgan fingerprint density at radius 2 is 2.00 bits per heavy atom. The van der Waals surface area contributed by atoms with Gasteiger partial charge in [0.15, 0.2) is 11.5 Å². The summed E-state index contributed by atoms with van der Waals surface area (Å²) in [5.41, 5.74) is 0.551. The first kappa shape index (κ1) is 17.2. The molecule has 1 aliphatic carbocycles. The minimum Gasteiger partial charge on any atom is -0.493 e. The number of hydrogen-bond donors (Lipinski definition) is 1. The third-order valence-electron chi connectivity index (χ3n) is 4.01. The summed E-state index contributed by atoms with van der Waals surface area (Å²) in [6, 6.07) is 7.92. The number of ether oxygens (including phenoxy) is 2. The number of nitrogens with one attached hydrogen (secondary N) is 1. The number of anilines is 1. The molecule has 25 heavy (non-hydrogen) atoms. The highest BCUT2D eigenvalue weighted by Crippen LogP contribution is 2.34. The highest BCUT2D eigenvalue weighted by atomic mass is 32.1. The molecule has 0 spiro atoms. The third kappa shape index (κ3) is 4.08. The average Bonchev–Trinajstić information content (AvgIpc) is 3.27. The lowest BCUT2D eigenvalue weighted by molar-refractivity contribution is -0.380. The van der Waals surface area contributed by atoms with Crippen molar-refractivity contribution in [1.82, 2.24) is 0 Å². The number of amides is 1. The first-order chi connectivity index (χ1) is 12.1. The van der Waals surface area contributed by atoms with E-state index in [9.17, 15) is 14.9 Å². The van der Waals surface area contributed by atoms with Crippen molar-refractivity contribution in [2.24, 2.45) is 0 Å². The van der Waals surface area contributed by atoms with E-state index in [4.69, 9.17) is 9.47 Å². The lowest BCUT2D eigenvalue weighted by atomic mass is 10.2. The molecule has 0 aliphatic heterocycles. The minimum atomic E-state index is -0.512. The number of benzene rings is 1. The molecule has 1 amide bonds. The number of carbonyl (C=O) groups excluding carboxylic acids is 1. The standard InChI is InChI=1S/C17H18N2O5S/c1-23-13-7-6-11(10-14(13)24-12-4-2-3-5-12)18-17(20)15-8-9-16(25-15)19(21)22/h6-10,12H,2-5H2,1H3,(H,18,20). The maximum atomic E-state index is 12.3. The first-order valence-corrected chi connectivity index (χ1v) is 8.79. The van der Waals surface area contributed by atoms with Crippen LogP contribution in [0.3, 0.4) is 0 Å². The molecule has 1 saturated carbocycles. The molecule has 3 rings (SSSR count). The summed E-state index contributed by atoms with van der Waals surface area (Å²) in [4.78, 5) is 22.8. The van der Waals surface area contributed by atoms with E-state index >= 15 is 0 Å². The van der Waals surface area contributed by atoms with Crippen LogP contribution < -0.4 is 14.8 Å². The second-order valence-electron chi connectivity index (χ2n) is 5.74. The molecule has 0 unspecified atom stereocenters. The molecule has 1 fully saturated rings. The summed E-state index contributed by atoms with van der Waals surface area (Å²) in [5.74, 6) is 0.802. The van der Waals surface area contributed by atoms with E-state index < -0.39 is 10.8 Å². The SMILES string of the molecule is COc1ccc(NC(=O)c2ccc([N+](=O)[O-])s2)cc1OC1CCCC1. The van der Waals surface area contributed by atoms with Crippen LogP contribution in [0.25, 0.3) is 0 Å². The van der Waals surface area contributed by atoms with E-state index in [1.807, 2.05) is 0 Å². The van der Waals surface area contributed by atoms with Crippen molar-refractivity contribution < 1.29 is 19.2 Å². The van der Waals surface area contributed by atoms with E-state index in [0.717, 1.165) is 37.0 Å². The smallest absolute Gasteiger partial charge is 0.324 e. The van der Waals surface area contributed by atoms with Gasteiger partial charge in [-0.3, -0.25) is 14.9 Å². The molecule has 1 N–H and O–H groups in total. The Balaban J connectivity index is 1.74. The molecule has 0 radical (unpaired) electrons. The number of rotatable bonds is 6. The van der Waals surface area contributed by atoms with Gasteiger partial charge in [-0.2, -0.15) is 0 Å². The van der Waals surface area contributed by atoms with E-state index in [2.05, 4.69) is 5.32 Å². The van der Waals surface area contributed by atoms with Gasteiger partial charge >= 0.3 is 5.00 Å². The lowest BCUT2D eigenvalue weighted by Gasteiger charge is -2.17. The molecule has 132 valence electrons. The van der Waals surface area contributed by atoms with Crippen LogP contribution in [0.4, 0.5) is 10.7 Å². The van der Waals surface area contributed by atoms with Gasteiger partial charge in [0.05, 0.1) is 23.0 Å². The van der Waals surface area contributed by atoms with E-state index in [1.165, 1.54) is 12.1 Å². The van der Waals surface area contributed by atoms with Crippen LogP contribution in [0.15, 0.2) is 30.3 Å². The zero-order valence-electron chi connectivity index (χ0n) is 13.7. The Labute approximate surface area is 148 Å². The highest BCUT2D eigenvalue weighted by Gasteiger charge is 2.20. The number of hydrogen-bond acceptors (Lipinski definition) is 6. The Morgan fingerprint density at radius 1 is 1.24 bits per heavy atom. The second-order valence-corrected chi connectivity index (χ2v) is 6.80. The number of carbonyl (C=O) groups is 1. The Morgan fingerprint density at radius 3 is 2.64 bits per heavy atom. The van der Waals surface area contributed by atoms with Gasteiger partial charge in [0, 0.05) is 17.8 Å². The number of nitrogens with zero attached hydrogens (tertiary/aromatic N) is 1. The van der Waals surface area contributed by atoms with Gasteiger partial charge in [-0.15, -0.1) is 0 Å². The van der Waals surface area contributed by atoms with Crippen molar-refractivity contribution in [3.8, 4) is 11.5 Å². The molecule has 1 heterocycles. The zero-order chi connectivity index (χ0) is 17.8. The van der Waals surface area contributed by atoms with Gasteiger partial charge in [0.1, 0.15) is 0 Å². The zero-order valence-corrected chi connectivity index (χ0v) is 14.5. The molecule has 1 aromatic carbocycles. The van der Waals surface area contributed by atoms with Crippen LogP contribution >= 0.6 is 11.3 Å². The first-order valence-electron chi connectivity index (χ1n) is 7.97. The molecule has 7 nitrogen and oxygen atoms in total. The van der Waals surface area contributed by atoms with Crippen LogP contribution in [0.1, 0.15) is 35.4 Å². The molecule has 1 aromatic heterocycles. The van der Waals surface area contributed by atoms with Crippen molar-refractivity contribution in [2.75, 3.05) is 12.4 Å². The average molecular weight is 362 g/mol. The largest absolute Gasteiger partial charge is 0.493 e. The number of thiophene rings is 1. The third-order valence-corrected chi connectivity index (χ3v) is 5.05. The van der Waals surface area contributed by atoms with Crippen molar-refractivity contribution in [1.29, 1.82) is 0 Å². The molecule has 8 heteroatoms. The summed E-state index contributed by atoms with van der Waals surface area (Å²) in [5, 5.41) is 13.4. The predicted octanol–water partition coefficient (Wildman–Crippen LogP) is 4.24. The molecular weight excluding hydrogens is 344 g/mol. The maximum absolute atomic E-state index is 12.3. The van der Waals surface area contributed by atoms with Gasteiger partial charge in [0.2, 0.25) is 0 Å². The number of nitro groups is 1. The fraction of sp³-hybridized carbons (Fsp3) is 0.353. The minimum absolute atomic E-state index is 0.0647. The fourth-order valence-electron chi connectivity index (χ4n) is 2.77. The van der Waals surface area contributed by atoms with E-state index in [1.54, 1.807) is 25.3 Å². The highest BCUT2D eigenvalue weighted by molar-refractivity contribution is 7.17. The normalized spacial score (nSPS) is 14.3. The quantitative estimate of drug-likeness (QED) is 0.613. The maximum Gasteiger partial charge on any atom is 0.324 e. The van der Waals surface area contributed by atoms with Gasteiger partial charge in [-0.25, -0.2) is 0 Å². The summed E-state index contributed by atoms with van der Waals surface area (Å²) in [6.45, 7) is 0. The lowest BCUT2D eigenvalue weighted by Crippen LogP contribution is -2.13. The Bertz CT molecular complexity index is 783. The molecule has 1 aliphatic rings. The molecule has 0 saturated heterocycles. The van der Waals surface area contributed by atoms with E-state index in [0.29, 0.717) is 17.2 Å². The summed E-state index contributed by atoms with van der Waals surface area (Å²) >= 11 is 0.839. The molecule has 0 bridgehead atoms. The number of methoxy groups -OCH3 is 1. The van der Waals surface area contributed by atoms with Gasteiger partial charge < -0.3 is 14.8 Å². The van der Waals surface area contributed by atoms with Gasteiger partial charge in [0.25, 0.3) is 5.91 Å². The Hall–Kier alpha value is -2.61. The second kappa shape index (κ2) is 7.52. The summed E-state index contributed by atoms with van der Waals surface area (Å²) in [7, 11) is 1.57. The molecule has 0 atom stereocenters. The molecular formula is C17H18N2O5S. The van der Waals surface area contributed by atoms with Gasteiger partial charge in [-0.1, -0.05) is 11.3 Å². The predicted molar refractivity (Wildman–Crippen MR) is 94.8 cm³/mol. The van der Waals surface area contributed by atoms with Crippen molar-refractivity contribution >= 4 is 27.9 Å². The Kier molecular flexibility index (Phi) is 5.18. The summed E-state index contributed by atoms with van der Waals surface area (Å²) in [6.07, 6.45) is 4.50.